The summed E-state index contributed by atoms with van der Waals surface area (Å²) in [4.78, 5) is 4.38. The highest BCUT2D eigenvalue weighted by molar-refractivity contribution is 7.20. The monoisotopic (exact) mass is 272 g/mol. The Bertz CT molecular complexity index is 724. The van der Waals surface area contributed by atoms with Crippen LogP contribution in [0.2, 0.25) is 0 Å². The molecule has 0 unspecified atom stereocenters. The first-order chi connectivity index (χ1) is 9.26. The summed E-state index contributed by atoms with van der Waals surface area (Å²) in [5, 5.41) is 9.80. The number of aliphatic hydroxyl groups is 1. The second-order valence-electron chi connectivity index (χ2n) is 4.07. The molecule has 19 heavy (non-hydrogen) atoms. The van der Waals surface area contributed by atoms with E-state index in [0.717, 1.165) is 15.8 Å². The molecule has 5 heteroatoms. The van der Waals surface area contributed by atoms with Crippen LogP contribution in [0.1, 0.15) is 5.56 Å². The topological polar surface area (TPSA) is 68.4 Å². The number of nitrogen functional groups attached to an aromatic ring is 1. The molecular weight excluding hydrogens is 260 g/mol. The van der Waals surface area contributed by atoms with Gasteiger partial charge in [0, 0.05) is 11.3 Å². The number of para-hydroxylation sites is 1. The average Bonchev–Trinajstić information content (AvgIpc) is 2.80. The van der Waals surface area contributed by atoms with Crippen LogP contribution in [-0.4, -0.2) is 10.1 Å². The molecule has 1 aromatic heterocycles. The van der Waals surface area contributed by atoms with Crippen LogP contribution in [0.4, 0.5) is 5.69 Å². The lowest BCUT2D eigenvalue weighted by Gasteiger charge is -2.05. The van der Waals surface area contributed by atoms with Crippen LogP contribution in [0.3, 0.4) is 0 Å². The molecule has 1 heterocycles. The predicted molar refractivity (Wildman–Crippen MR) is 76.5 cm³/mol. The van der Waals surface area contributed by atoms with Crippen molar-refractivity contribution in [2.75, 3.05) is 5.73 Å². The lowest BCUT2D eigenvalue weighted by Crippen LogP contribution is -1.90. The van der Waals surface area contributed by atoms with Gasteiger partial charge in [0.1, 0.15) is 5.75 Å². The number of nitrogens with zero attached hydrogens (tertiary/aromatic N) is 1. The van der Waals surface area contributed by atoms with Gasteiger partial charge in [0.05, 0.1) is 16.8 Å². The zero-order valence-electron chi connectivity index (χ0n) is 10.0. The van der Waals surface area contributed by atoms with Crippen LogP contribution in [0.15, 0.2) is 42.5 Å². The van der Waals surface area contributed by atoms with Crippen molar-refractivity contribution >= 4 is 27.2 Å². The first-order valence-corrected chi connectivity index (χ1v) is 6.60. The second-order valence-corrected chi connectivity index (χ2v) is 5.07. The predicted octanol–water partition coefficient (Wildman–Crippen LogP) is 3.16. The maximum Gasteiger partial charge on any atom is 0.279 e. The minimum absolute atomic E-state index is 0.0615. The van der Waals surface area contributed by atoms with E-state index in [1.54, 1.807) is 0 Å². The van der Waals surface area contributed by atoms with Crippen LogP contribution in [0.25, 0.3) is 10.2 Å². The molecule has 0 saturated carbocycles. The summed E-state index contributed by atoms with van der Waals surface area (Å²) in [5.41, 5.74) is 8.04. The second kappa shape index (κ2) is 4.87. The summed E-state index contributed by atoms with van der Waals surface area (Å²) < 4.78 is 6.71. The van der Waals surface area contributed by atoms with Crippen LogP contribution < -0.4 is 10.5 Å². The average molecular weight is 272 g/mol. The van der Waals surface area contributed by atoms with Crippen LogP contribution in [0.5, 0.6) is 10.9 Å². The van der Waals surface area contributed by atoms with E-state index in [1.165, 1.54) is 11.3 Å². The standard InChI is InChI=1S/C14H12N2O2S/c15-10-5-6-11-13(7-10)19-14(16-11)18-12-4-2-1-3-9(12)8-17/h1-7,17H,8,15H2. The van der Waals surface area contributed by atoms with E-state index in [9.17, 15) is 5.11 Å². The summed E-state index contributed by atoms with van der Waals surface area (Å²) in [6, 6.07) is 12.9. The van der Waals surface area contributed by atoms with Gasteiger partial charge in [0.25, 0.3) is 5.19 Å². The maximum atomic E-state index is 9.26. The number of anilines is 1. The fourth-order valence-electron chi connectivity index (χ4n) is 1.79. The summed E-state index contributed by atoms with van der Waals surface area (Å²) in [6.07, 6.45) is 0. The third-order valence-electron chi connectivity index (χ3n) is 2.73. The van der Waals surface area contributed by atoms with Gasteiger partial charge < -0.3 is 15.6 Å². The minimum Gasteiger partial charge on any atom is -0.430 e. The van der Waals surface area contributed by atoms with Crippen LogP contribution in [0, 0.1) is 0 Å². The van der Waals surface area contributed by atoms with Gasteiger partial charge in [-0.3, -0.25) is 0 Å². The lowest BCUT2D eigenvalue weighted by molar-refractivity contribution is 0.276. The smallest absolute Gasteiger partial charge is 0.279 e. The fourth-order valence-corrected chi connectivity index (χ4v) is 2.67. The molecule has 0 aliphatic heterocycles. The normalized spacial score (nSPS) is 10.8. The summed E-state index contributed by atoms with van der Waals surface area (Å²) >= 11 is 1.43. The zero-order valence-corrected chi connectivity index (χ0v) is 10.9. The Morgan fingerprint density at radius 2 is 2.05 bits per heavy atom. The number of nitrogens with two attached hydrogens (primary N) is 1. The molecule has 0 atom stereocenters. The molecule has 3 aromatic rings. The van der Waals surface area contributed by atoms with E-state index in [4.69, 9.17) is 10.5 Å². The largest absolute Gasteiger partial charge is 0.430 e. The molecule has 2 aromatic carbocycles. The SMILES string of the molecule is Nc1ccc2nc(Oc3ccccc3CO)sc2c1. The minimum atomic E-state index is -0.0615. The molecule has 0 aliphatic rings. The number of aromatic nitrogens is 1. The third kappa shape index (κ3) is 2.38. The van der Waals surface area contributed by atoms with Crippen molar-refractivity contribution in [1.29, 1.82) is 0 Å². The van der Waals surface area contributed by atoms with Crippen molar-refractivity contribution in [3.8, 4) is 10.9 Å². The molecule has 96 valence electrons. The number of ether oxygens (including phenoxy) is 1. The highest BCUT2D eigenvalue weighted by atomic mass is 32.1. The molecule has 3 N–H and O–H groups in total. The van der Waals surface area contributed by atoms with Crippen molar-refractivity contribution < 1.29 is 9.84 Å². The van der Waals surface area contributed by atoms with Gasteiger partial charge in [-0.05, 0) is 24.3 Å². The molecule has 0 amide bonds. The Balaban J connectivity index is 1.96. The van der Waals surface area contributed by atoms with Crippen molar-refractivity contribution in [3.05, 3.63) is 48.0 Å². The number of rotatable bonds is 3. The van der Waals surface area contributed by atoms with Crippen molar-refractivity contribution in [2.24, 2.45) is 0 Å². The molecule has 0 spiro atoms. The molecule has 0 radical (unpaired) electrons. The summed E-state index contributed by atoms with van der Waals surface area (Å²) in [7, 11) is 0. The van der Waals surface area contributed by atoms with Crippen LogP contribution >= 0.6 is 11.3 Å². The first-order valence-electron chi connectivity index (χ1n) is 5.79. The van der Waals surface area contributed by atoms with Gasteiger partial charge >= 0.3 is 0 Å². The van der Waals surface area contributed by atoms with E-state index in [1.807, 2.05) is 42.5 Å². The fraction of sp³-hybridized carbons (Fsp3) is 0.0714. The zero-order chi connectivity index (χ0) is 13.2. The van der Waals surface area contributed by atoms with Crippen molar-refractivity contribution in [1.82, 2.24) is 4.98 Å². The number of hydrogen-bond acceptors (Lipinski definition) is 5. The van der Waals surface area contributed by atoms with Gasteiger partial charge in [-0.25, -0.2) is 4.98 Å². The highest BCUT2D eigenvalue weighted by Gasteiger charge is 2.08. The Morgan fingerprint density at radius 1 is 1.21 bits per heavy atom. The Kier molecular flexibility index (Phi) is 3.06. The third-order valence-corrected chi connectivity index (χ3v) is 3.63. The Hall–Kier alpha value is -2.11. The Labute approximate surface area is 114 Å². The van der Waals surface area contributed by atoms with E-state index >= 15 is 0 Å². The Morgan fingerprint density at radius 3 is 2.89 bits per heavy atom. The highest BCUT2D eigenvalue weighted by Crippen LogP contribution is 2.33. The van der Waals surface area contributed by atoms with Gasteiger partial charge in [0.2, 0.25) is 0 Å². The molecule has 0 aliphatic carbocycles. The van der Waals surface area contributed by atoms with E-state index in [0.29, 0.717) is 16.6 Å². The van der Waals surface area contributed by atoms with Gasteiger partial charge in [0.15, 0.2) is 0 Å². The van der Waals surface area contributed by atoms with E-state index in [-0.39, 0.29) is 6.61 Å². The first kappa shape index (κ1) is 12.0. The van der Waals surface area contributed by atoms with E-state index in [2.05, 4.69) is 4.98 Å². The quantitative estimate of drug-likeness (QED) is 0.719. The van der Waals surface area contributed by atoms with Crippen molar-refractivity contribution in [3.63, 3.8) is 0 Å². The summed E-state index contributed by atoms with van der Waals surface area (Å²) in [6.45, 7) is -0.0615. The van der Waals surface area contributed by atoms with Gasteiger partial charge in [-0.2, -0.15) is 0 Å². The molecule has 0 fully saturated rings. The number of thiazole rings is 1. The molecular formula is C14H12N2O2S. The maximum absolute atomic E-state index is 9.26. The van der Waals surface area contributed by atoms with Gasteiger partial charge in [-0.15, -0.1) is 0 Å². The number of benzene rings is 2. The van der Waals surface area contributed by atoms with Gasteiger partial charge in [-0.1, -0.05) is 29.5 Å². The number of fused-ring (bicyclic) bond motifs is 1. The lowest BCUT2D eigenvalue weighted by atomic mass is 10.2. The molecule has 4 nitrogen and oxygen atoms in total. The molecule has 0 bridgehead atoms. The summed E-state index contributed by atoms with van der Waals surface area (Å²) in [5.74, 6) is 0.622. The number of hydrogen-bond donors (Lipinski definition) is 2. The van der Waals surface area contributed by atoms with Crippen molar-refractivity contribution in [2.45, 2.75) is 6.61 Å². The molecule has 0 saturated heterocycles. The van der Waals surface area contributed by atoms with Crippen LogP contribution in [-0.2, 0) is 6.61 Å². The number of aliphatic hydroxyl groups excluding tert-OH is 1. The van der Waals surface area contributed by atoms with E-state index < -0.39 is 0 Å². The molecule has 3 rings (SSSR count).